The van der Waals surface area contributed by atoms with Crippen molar-refractivity contribution >= 4 is 29.2 Å². The minimum Gasteiger partial charge on any atom is -0.481 e. The molecule has 180 valence electrons. The second-order valence-electron chi connectivity index (χ2n) is 8.45. The van der Waals surface area contributed by atoms with Crippen LogP contribution < -0.4 is 16.2 Å². The predicted molar refractivity (Wildman–Crippen MR) is 132 cm³/mol. The van der Waals surface area contributed by atoms with Crippen LogP contribution in [0.4, 0.5) is 11.4 Å². The van der Waals surface area contributed by atoms with E-state index in [-0.39, 0.29) is 16.8 Å². The molecule has 0 radical (unpaired) electrons. The Labute approximate surface area is 201 Å². The summed E-state index contributed by atoms with van der Waals surface area (Å²) in [6, 6.07) is 15.4. The number of benzene rings is 2. The van der Waals surface area contributed by atoms with E-state index in [0.717, 1.165) is 0 Å². The number of anilines is 2. The molecule has 0 bridgehead atoms. The molecule has 1 heterocycles. The van der Waals surface area contributed by atoms with Crippen molar-refractivity contribution in [2.24, 2.45) is 18.9 Å². The van der Waals surface area contributed by atoms with Crippen molar-refractivity contribution in [1.29, 1.82) is 0 Å². The van der Waals surface area contributed by atoms with Gasteiger partial charge in [0.05, 0.1) is 23.2 Å². The molecule has 2 unspecified atom stereocenters. The molecule has 2 amide bonds. The molecule has 1 aromatic heterocycles. The van der Waals surface area contributed by atoms with Crippen molar-refractivity contribution in [3.63, 3.8) is 0 Å². The molecule has 9 nitrogen and oxygen atoms in total. The zero-order valence-electron chi connectivity index (χ0n) is 19.4. The average Bonchev–Trinajstić information content (AvgIpc) is 3.07. The summed E-state index contributed by atoms with van der Waals surface area (Å²) >= 11 is 0. The van der Waals surface area contributed by atoms with E-state index in [4.69, 9.17) is 0 Å². The van der Waals surface area contributed by atoms with Crippen LogP contribution in [0, 0.1) is 18.8 Å². The highest BCUT2D eigenvalue weighted by molar-refractivity contribution is 6.05. The Bertz CT molecular complexity index is 1370. The number of carboxylic acid groups (broad SMARTS) is 1. The van der Waals surface area contributed by atoms with E-state index in [1.807, 2.05) is 18.2 Å². The number of amides is 2. The van der Waals surface area contributed by atoms with Crippen LogP contribution in [0.2, 0.25) is 0 Å². The topological polar surface area (TPSA) is 122 Å². The molecule has 3 aromatic rings. The van der Waals surface area contributed by atoms with E-state index < -0.39 is 29.6 Å². The van der Waals surface area contributed by atoms with E-state index in [1.165, 1.54) is 10.7 Å². The number of para-hydroxylation sites is 1. The molecule has 0 aliphatic heterocycles. The smallest absolute Gasteiger partial charge is 0.307 e. The van der Waals surface area contributed by atoms with Gasteiger partial charge in [-0.15, -0.1) is 0 Å². The lowest BCUT2D eigenvalue weighted by atomic mass is 9.82. The first-order chi connectivity index (χ1) is 16.8. The molecule has 2 atom stereocenters. The van der Waals surface area contributed by atoms with Gasteiger partial charge in [-0.3, -0.25) is 23.9 Å². The van der Waals surface area contributed by atoms with Gasteiger partial charge in [0.15, 0.2) is 0 Å². The fourth-order valence-corrected chi connectivity index (χ4v) is 4.25. The number of carbonyl (C=O) groups excluding carboxylic acids is 2. The van der Waals surface area contributed by atoms with Crippen LogP contribution in [0.1, 0.15) is 28.9 Å². The molecule has 0 spiro atoms. The van der Waals surface area contributed by atoms with Gasteiger partial charge < -0.3 is 15.7 Å². The summed E-state index contributed by atoms with van der Waals surface area (Å²) < 4.78 is 3.14. The fraction of sp³-hybridized carbons (Fsp3) is 0.231. The van der Waals surface area contributed by atoms with Gasteiger partial charge in [-0.2, -0.15) is 0 Å². The quantitative estimate of drug-likeness (QED) is 0.473. The maximum absolute atomic E-state index is 13.1. The van der Waals surface area contributed by atoms with Crippen molar-refractivity contribution in [2.75, 3.05) is 10.6 Å². The summed E-state index contributed by atoms with van der Waals surface area (Å²) in [4.78, 5) is 50.3. The molecule has 35 heavy (non-hydrogen) atoms. The number of carboxylic acids is 1. The van der Waals surface area contributed by atoms with E-state index >= 15 is 0 Å². The van der Waals surface area contributed by atoms with Crippen LogP contribution in [0.5, 0.6) is 0 Å². The molecular weight excluding hydrogens is 448 g/mol. The summed E-state index contributed by atoms with van der Waals surface area (Å²) in [7, 11) is 1.74. The Morgan fingerprint density at radius 1 is 0.943 bits per heavy atom. The van der Waals surface area contributed by atoms with Gasteiger partial charge in [0.1, 0.15) is 5.69 Å². The molecule has 0 saturated heterocycles. The van der Waals surface area contributed by atoms with Crippen LogP contribution >= 0.6 is 0 Å². The number of aliphatic carboxylic acids is 1. The third-order valence-corrected chi connectivity index (χ3v) is 6.27. The summed E-state index contributed by atoms with van der Waals surface area (Å²) in [6.07, 6.45) is 4.21. The highest BCUT2D eigenvalue weighted by atomic mass is 16.4. The van der Waals surface area contributed by atoms with Crippen molar-refractivity contribution in [3.8, 4) is 5.69 Å². The monoisotopic (exact) mass is 474 g/mol. The molecule has 0 fully saturated rings. The zero-order valence-corrected chi connectivity index (χ0v) is 19.4. The largest absolute Gasteiger partial charge is 0.481 e. The van der Waals surface area contributed by atoms with Gasteiger partial charge in [-0.25, -0.2) is 4.68 Å². The van der Waals surface area contributed by atoms with Crippen molar-refractivity contribution in [1.82, 2.24) is 9.36 Å². The molecule has 4 rings (SSSR count). The minimum absolute atomic E-state index is 0.161. The van der Waals surface area contributed by atoms with Crippen LogP contribution in [0.15, 0.2) is 71.5 Å². The number of allylic oxidation sites excluding steroid dienone is 2. The number of aromatic nitrogens is 2. The highest BCUT2D eigenvalue weighted by Crippen LogP contribution is 2.27. The fourth-order valence-electron chi connectivity index (χ4n) is 4.25. The highest BCUT2D eigenvalue weighted by Gasteiger charge is 2.34. The number of nitrogens with one attached hydrogen (secondary N) is 2. The lowest BCUT2D eigenvalue weighted by molar-refractivity contribution is -0.146. The number of hydrogen-bond donors (Lipinski definition) is 3. The van der Waals surface area contributed by atoms with Crippen LogP contribution in [-0.4, -0.2) is 32.3 Å². The van der Waals surface area contributed by atoms with Gasteiger partial charge in [0, 0.05) is 18.3 Å². The van der Waals surface area contributed by atoms with Gasteiger partial charge >= 0.3 is 5.97 Å². The average molecular weight is 475 g/mol. The first-order valence-corrected chi connectivity index (χ1v) is 11.2. The molecule has 0 saturated carbocycles. The normalized spacial score (nSPS) is 17.1. The van der Waals surface area contributed by atoms with Crippen molar-refractivity contribution in [3.05, 3.63) is 88.4 Å². The molecule has 1 aliphatic carbocycles. The Morgan fingerprint density at radius 3 is 2.31 bits per heavy atom. The lowest BCUT2D eigenvalue weighted by Crippen LogP contribution is -2.34. The van der Waals surface area contributed by atoms with E-state index in [9.17, 15) is 24.3 Å². The van der Waals surface area contributed by atoms with Gasteiger partial charge in [-0.05, 0) is 50.1 Å². The molecule has 9 heteroatoms. The first kappa shape index (κ1) is 23.7. The molecule has 2 aromatic carbocycles. The molecular formula is C26H26N4O5. The number of carbonyl (C=O) groups is 3. The minimum atomic E-state index is -1.01. The standard InChI is InChI=1S/C26H26N4O5/c1-16-22(25(33)30(29(16)2)19-11-4-3-5-12-19)28-23(31)17-9-8-10-18(15-17)27-24(32)20-13-6-7-14-21(20)26(34)35/h3-12,15,20-21H,13-14H2,1-2H3,(H,27,32)(H,28,31)(H,34,35). The van der Waals surface area contributed by atoms with Gasteiger partial charge in [0.25, 0.3) is 11.5 Å². The molecule has 1 aliphatic rings. The third-order valence-electron chi connectivity index (χ3n) is 6.27. The van der Waals surface area contributed by atoms with Gasteiger partial charge in [0.2, 0.25) is 5.91 Å². The van der Waals surface area contributed by atoms with Crippen molar-refractivity contribution < 1.29 is 19.5 Å². The third kappa shape index (κ3) is 4.79. The maximum atomic E-state index is 13.1. The maximum Gasteiger partial charge on any atom is 0.307 e. The summed E-state index contributed by atoms with van der Waals surface area (Å²) in [5.41, 5.74) is 1.67. The SMILES string of the molecule is Cc1c(NC(=O)c2cccc(NC(=O)C3CC=CCC3C(=O)O)c2)c(=O)n(-c2ccccc2)n1C. The number of hydrogen-bond acceptors (Lipinski definition) is 4. The van der Waals surface area contributed by atoms with Crippen LogP contribution in [0.25, 0.3) is 5.69 Å². The first-order valence-electron chi connectivity index (χ1n) is 11.2. The van der Waals surface area contributed by atoms with Crippen LogP contribution in [-0.2, 0) is 16.6 Å². The molecule has 3 N–H and O–H groups in total. The second-order valence-corrected chi connectivity index (χ2v) is 8.45. The number of nitrogens with zero attached hydrogens (tertiary/aromatic N) is 2. The Morgan fingerprint density at radius 2 is 1.63 bits per heavy atom. The summed E-state index contributed by atoms with van der Waals surface area (Å²) in [6.45, 7) is 1.74. The Balaban J connectivity index is 1.53. The van der Waals surface area contributed by atoms with Crippen LogP contribution in [0.3, 0.4) is 0 Å². The Kier molecular flexibility index (Phi) is 6.68. The summed E-state index contributed by atoms with van der Waals surface area (Å²) in [5, 5.41) is 14.8. The number of rotatable bonds is 6. The van der Waals surface area contributed by atoms with Crippen molar-refractivity contribution in [2.45, 2.75) is 19.8 Å². The van der Waals surface area contributed by atoms with E-state index in [0.29, 0.717) is 29.9 Å². The lowest BCUT2D eigenvalue weighted by Gasteiger charge is -2.24. The van der Waals surface area contributed by atoms with E-state index in [2.05, 4.69) is 10.6 Å². The van der Waals surface area contributed by atoms with Gasteiger partial charge in [-0.1, -0.05) is 36.4 Å². The van der Waals surface area contributed by atoms with E-state index in [1.54, 1.807) is 61.1 Å². The second kappa shape index (κ2) is 9.84. The summed E-state index contributed by atoms with van der Waals surface area (Å²) in [5.74, 6) is -3.42. The Hall–Kier alpha value is -4.40. The predicted octanol–water partition coefficient (Wildman–Crippen LogP) is 3.34. The zero-order chi connectivity index (χ0) is 25.1.